The summed E-state index contributed by atoms with van der Waals surface area (Å²) in [5, 5.41) is 36.2. The molecule has 3 aromatic rings. The van der Waals surface area contributed by atoms with Crippen LogP contribution in [0.1, 0.15) is 43.7 Å². The van der Waals surface area contributed by atoms with E-state index >= 15 is 0 Å². The molecule has 7 N–H and O–H groups in total. The van der Waals surface area contributed by atoms with Gasteiger partial charge in [-0.25, -0.2) is 0 Å². The van der Waals surface area contributed by atoms with E-state index in [-0.39, 0.29) is 23.5 Å². The Kier molecular flexibility index (Phi) is 8.57. The van der Waals surface area contributed by atoms with Gasteiger partial charge in [-0.3, -0.25) is 37.0 Å². The Morgan fingerprint density at radius 1 is 0.737 bits per heavy atom. The van der Waals surface area contributed by atoms with Crippen LogP contribution in [-0.2, 0) is 4.79 Å². The van der Waals surface area contributed by atoms with E-state index in [2.05, 4.69) is 12.2 Å². The van der Waals surface area contributed by atoms with Crippen LogP contribution < -0.4 is 25.8 Å². The molecule has 1 saturated carbocycles. The number of anilines is 1. The highest BCUT2D eigenvalue weighted by Gasteiger charge is 2.24. The van der Waals surface area contributed by atoms with Gasteiger partial charge in [0.1, 0.15) is 34.7 Å². The summed E-state index contributed by atoms with van der Waals surface area (Å²) in [6.45, 7) is 2.21. The molecule has 4 rings (SSSR count). The van der Waals surface area contributed by atoms with Crippen molar-refractivity contribution in [3.8, 4) is 23.0 Å². The number of rotatable bonds is 8. The molecule has 0 heterocycles. The zero-order valence-corrected chi connectivity index (χ0v) is 21.0. The van der Waals surface area contributed by atoms with Crippen LogP contribution in [-0.4, -0.2) is 28.0 Å². The zero-order valence-electron chi connectivity index (χ0n) is 21.0. The molecule has 0 aromatic heterocycles. The van der Waals surface area contributed by atoms with Crippen molar-refractivity contribution in [1.29, 1.82) is 10.8 Å². The monoisotopic (exact) mass is 517 g/mol. The van der Waals surface area contributed by atoms with Crippen molar-refractivity contribution in [3.05, 3.63) is 77.9 Å². The largest absolute Gasteiger partial charge is 0.457 e. The highest BCUT2D eigenvalue weighted by molar-refractivity contribution is 5.96. The van der Waals surface area contributed by atoms with Gasteiger partial charge in [-0.1, -0.05) is 6.92 Å². The van der Waals surface area contributed by atoms with E-state index in [0.29, 0.717) is 45.7 Å². The number of carbonyl (C=O) groups is 1. The van der Waals surface area contributed by atoms with Crippen molar-refractivity contribution in [1.82, 2.24) is 11.0 Å². The molecule has 0 unspecified atom stereocenters. The molecule has 38 heavy (non-hydrogen) atoms. The van der Waals surface area contributed by atoms with Gasteiger partial charge in [-0.15, -0.1) is 0 Å². The Morgan fingerprint density at radius 3 is 1.61 bits per heavy atom. The SMILES string of the molecule is C[C@H]1CC[C@H](C(=O)Nc2cc(Oc3ccc(C(=N)NO)cc3)cc(Oc3ccc(C(=N)NO)cc3)c2)CC1. The molecule has 0 atom stereocenters. The molecule has 1 aliphatic carbocycles. The number of hydrogen-bond acceptors (Lipinski definition) is 7. The zero-order chi connectivity index (χ0) is 27.1. The van der Waals surface area contributed by atoms with Crippen molar-refractivity contribution < 1.29 is 24.7 Å². The summed E-state index contributed by atoms with van der Waals surface area (Å²) < 4.78 is 12.0. The third-order valence-corrected chi connectivity index (χ3v) is 6.52. The first-order chi connectivity index (χ1) is 18.3. The molecule has 1 fully saturated rings. The molecule has 0 spiro atoms. The smallest absolute Gasteiger partial charge is 0.227 e. The fourth-order valence-corrected chi connectivity index (χ4v) is 4.31. The highest BCUT2D eigenvalue weighted by Crippen LogP contribution is 2.34. The number of amidine groups is 2. The number of hydroxylamine groups is 2. The summed E-state index contributed by atoms with van der Waals surface area (Å²) in [7, 11) is 0. The van der Waals surface area contributed by atoms with Crippen molar-refractivity contribution in [2.24, 2.45) is 11.8 Å². The Balaban J connectivity index is 1.56. The maximum absolute atomic E-state index is 13.0. The van der Waals surface area contributed by atoms with Crippen LogP contribution in [0.15, 0.2) is 66.7 Å². The van der Waals surface area contributed by atoms with Gasteiger partial charge in [0.25, 0.3) is 0 Å². The van der Waals surface area contributed by atoms with Crippen LogP contribution in [0.3, 0.4) is 0 Å². The van der Waals surface area contributed by atoms with Crippen molar-refractivity contribution in [3.63, 3.8) is 0 Å². The number of nitrogens with one attached hydrogen (secondary N) is 5. The summed E-state index contributed by atoms with van der Waals surface area (Å²) in [5.41, 5.74) is 5.12. The van der Waals surface area contributed by atoms with Gasteiger partial charge in [0, 0.05) is 40.9 Å². The molecule has 3 aromatic carbocycles. The average Bonchev–Trinajstić information content (AvgIpc) is 2.93. The Labute approximate surface area is 220 Å². The van der Waals surface area contributed by atoms with Gasteiger partial charge in [0.05, 0.1) is 0 Å². The van der Waals surface area contributed by atoms with E-state index in [4.69, 9.17) is 30.7 Å². The molecule has 0 aliphatic heterocycles. The van der Waals surface area contributed by atoms with Crippen LogP contribution in [0.2, 0.25) is 0 Å². The topological polar surface area (TPSA) is 160 Å². The minimum absolute atomic E-state index is 0.0289. The van der Waals surface area contributed by atoms with Gasteiger partial charge in [0.15, 0.2) is 0 Å². The Morgan fingerprint density at radius 2 is 1.18 bits per heavy atom. The van der Waals surface area contributed by atoms with E-state index in [9.17, 15) is 4.79 Å². The Bertz CT molecular complexity index is 1210. The number of ether oxygens (including phenoxy) is 2. The highest BCUT2D eigenvalue weighted by atomic mass is 16.5. The second-order valence-electron chi connectivity index (χ2n) is 9.37. The van der Waals surface area contributed by atoms with E-state index in [1.807, 2.05) is 11.0 Å². The molecule has 10 heteroatoms. The molecule has 1 amide bonds. The fraction of sp³-hybridized carbons (Fsp3) is 0.250. The third-order valence-electron chi connectivity index (χ3n) is 6.52. The quantitative estimate of drug-likeness (QED) is 0.116. The Hall–Kier alpha value is -4.41. The molecule has 10 nitrogen and oxygen atoms in total. The van der Waals surface area contributed by atoms with Gasteiger partial charge in [-0.2, -0.15) is 0 Å². The lowest BCUT2D eigenvalue weighted by Crippen LogP contribution is -2.26. The number of benzene rings is 3. The fourth-order valence-electron chi connectivity index (χ4n) is 4.31. The summed E-state index contributed by atoms with van der Waals surface area (Å²) in [4.78, 5) is 13.0. The van der Waals surface area contributed by atoms with E-state index < -0.39 is 0 Å². The summed E-state index contributed by atoms with van der Waals surface area (Å²) in [5.74, 6) is 2.16. The van der Waals surface area contributed by atoms with Crippen LogP contribution in [0.25, 0.3) is 0 Å². The molecule has 0 radical (unpaired) electrons. The standard InChI is InChI=1S/C28H31N5O5/c1-17-2-4-20(5-3-17)28(34)31-21-14-24(37-22-10-6-18(7-11-22)26(29)32-35)16-25(15-21)38-23-12-8-19(9-13-23)27(30)33-36/h6-17,20,35-36H,2-5H2,1H3,(H2,29,32)(H2,30,33)(H,31,34)/t17-,20-. The summed E-state index contributed by atoms with van der Waals surface area (Å²) in [6, 6.07) is 18.3. The third kappa shape index (κ3) is 6.87. The second-order valence-corrected chi connectivity index (χ2v) is 9.37. The average molecular weight is 518 g/mol. The maximum atomic E-state index is 13.0. The lowest BCUT2D eigenvalue weighted by molar-refractivity contribution is -0.121. The minimum atomic E-state index is -0.134. The normalized spacial score (nSPS) is 16.7. The minimum Gasteiger partial charge on any atom is -0.457 e. The van der Waals surface area contributed by atoms with E-state index in [1.165, 1.54) is 0 Å². The first kappa shape index (κ1) is 26.6. The first-order valence-corrected chi connectivity index (χ1v) is 12.3. The molecule has 0 bridgehead atoms. The molecular weight excluding hydrogens is 486 g/mol. The first-order valence-electron chi connectivity index (χ1n) is 12.3. The number of carbonyl (C=O) groups excluding carboxylic acids is 1. The van der Waals surface area contributed by atoms with Crippen LogP contribution in [0.5, 0.6) is 23.0 Å². The molecule has 0 saturated heterocycles. The predicted molar refractivity (Wildman–Crippen MR) is 143 cm³/mol. The van der Waals surface area contributed by atoms with Crippen molar-refractivity contribution in [2.45, 2.75) is 32.6 Å². The van der Waals surface area contributed by atoms with Crippen molar-refractivity contribution in [2.75, 3.05) is 5.32 Å². The lowest BCUT2D eigenvalue weighted by Gasteiger charge is -2.25. The molecular formula is C28H31N5O5. The molecule has 1 aliphatic rings. The number of hydrogen-bond donors (Lipinski definition) is 7. The van der Waals surface area contributed by atoms with Gasteiger partial charge in [-0.05, 0) is 80.1 Å². The lowest BCUT2D eigenvalue weighted by atomic mass is 9.82. The second kappa shape index (κ2) is 12.2. The summed E-state index contributed by atoms with van der Waals surface area (Å²) >= 11 is 0. The molecule has 198 valence electrons. The van der Waals surface area contributed by atoms with Gasteiger partial charge in [0.2, 0.25) is 5.91 Å². The van der Waals surface area contributed by atoms with Crippen LogP contribution >= 0.6 is 0 Å². The number of amides is 1. The van der Waals surface area contributed by atoms with Crippen LogP contribution in [0.4, 0.5) is 5.69 Å². The van der Waals surface area contributed by atoms with E-state index in [0.717, 1.165) is 25.7 Å². The summed E-state index contributed by atoms with van der Waals surface area (Å²) in [6.07, 6.45) is 3.80. The van der Waals surface area contributed by atoms with E-state index in [1.54, 1.807) is 66.7 Å². The predicted octanol–water partition coefficient (Wildman–Crippen LogP) is 5.64. The maximum Gasteiger partial charge on any atom is 0.227 e. The van der Waals surface area contributed by atoms with Gasteiger partial charge < -0.3 is 14.8 Å². The van der Waals surface area contributed by atoms with Crippen molar-refractivity contribution >= 4 is 23.3 Å². The van der Waals surface area contributed by atoms with Crippen LogP contribution in [0, 0.1) is 22.7 Å². The van der Waals surface area contributed by atoms with Gasteiger partial charge >= 0.3 is 0 Å².